The Balaban J connectivity index is 2.28. The van der Waals surface area contributed by atoms with Gasteiger partial charge in [0.25, 0.3) is 0 Å². The van der Waals surface area contributed by atoms with Crippen LogP contribution in [0.2, 0.25) is 5.15 Å². The Hall–Kier alpha value is -1.38. The second-order valence-corrected chi connectivity index (χ2v) is 6.90. The quantitative estimate of drug-likeness (QED) is 0.816. The summed E-state index contributed by atoms with van der Waals surface area (Å²) in [6.45, 7) is 1.92. The minimum atomic E-state index is -3.99. The number of anilines is 1. The molecule has 0 bridgehead atoms. The molecular weight excluding hydrogens is 318 g/mol. The summed E-state index contributed by atoms with van der Waals surface area (Å²) < 4.78 is 28.1. The molecule has 9 heteroatoms. The summed E-state index contributed by atoms with van der Waals surface area (Å²) in [5.41, 5.74) is 0.886. The third kappa shape index (κ3) is 3.63. The first kappa shape index (κ1) is 16.0. The Bertz CT molecular complexity index is 650. The number of nitrogens with zero attached hydrogens (tertiary/aromatic N) is 2. The largest absolute Gasteiger partial charge is 0.480 e. The molecule has 0 aromatic carbocycles. The number of halogens is 1. The summed E-state index contributed by atoms with van der Waals surface area (Å²) in [4.78, 5) is 15.1. The second kappa shape index (κ2) is 6.17. The van der Waals surface area contributed by atoms with Crippen LogP contribution in [0, 0.1) is 6.92 Å². The molecule has 2 heterocycles. The van der Waals surface area contributed by atoms with Crippen LogP contribution in [0.25, 0.3) is 0 Å². The number of aryl methyl sites for hydroxylation is 1. The Kier molecular flexibility index (Phi) is 4.70. The van der Waals surface area contributed by atoms with E-state index < -0.39 is 22.2 Å². The van der Waals surface area contributed by atoms with Crippen LogP contribution in [0.1, 0.15) is 24.8 Å². The fraction of sp³-hybridized carbons (Fsp3) is 0.500. The second-order valence-electron chi connectivity index (χ2n) is 4.92. The molecule has 1 aromatic heterocycles. The zero-order valence-electron chi connectivity index (χ0n) is 11.4. The van der Waals surface area contributed by atoms with Crippen LogP contribution in [0.4, 0.5) is 5.69 Å². The molecule has 1 aromatic rings. The summed E-state index contributed by atoms with van der Waals surface area (Å²) >= 11 is 5.87. The van der Waals surface area contributed by atoms with Crippen molar-refractivity contribution in [2.75, 3.05) is 11.3 Å². The van der Waals surface area contributed by atoms with Crippen molar-refractivity contribution in [2.45, 2.75) is 32.2 Å². The maximum absolute atomic E-state index is 12.4. The highest BCUT2D eigenvalue weighted by molar-refractivity contribution is 7.90. The highest BCUT2D eigenvalue weighted by Crippen LogP contribution is 2.25. The van der Waals surface area contributed by atoms with Crippen molar-refractivity contribution in [3.63, 3.8) is 0 Å². The van der Waals surface area contributed by atoms with Crippen LogP contribution in [0.3, 0.4) is 0 Å². The van der Waals surface area contributed by atoms with Gasteiger partial charge >= 0.3 is 16.2 Å². The smallest absolute Gasteiger partial charge is 0.322 e. The molecule has 1 saturated heterocycles. The average Bonchev–Trinajstić information content (AvgIpc) is 2.42. The number of aliphatic carboxylic acids is 1. The van der Waals surface area contributed by atoms with Crippen molar-refractivity contribution in [1.82, 2.24) is 9.29 Å². The molecule has 0 aliphatic carbocycles. The number of hydrogen-bond donors (Lipinski definition) is 2. The molecular formula is C12H16ClN3O4S. The molecule has 7 nitrogen and oxygen atoms in total. The SMILES string of the molecule is Cc1cnc(Cl)c(NS(=O)(=O)N2CCCCC2C(=O)O)c1. The topological polar surface area (TPSA) is 99.6 Å². The van der Waals surface area contributed by atoms with Gasteiger partial charge in [-0.3, -0.25) is 9.52 Å². The maximum Gasteiger partial charge on any atom is 0.322 e. The van der Waals surface area contributed by atoms with Gasteiger partial charge in [0.1, 0.15) is 6.04 Å². The van der Waals surface area contributed by atoms with Crippen molar-refractivity contribution in [1.29, 1.82) is 0 Å². The minimum absolute atomic E-state index is 0.0214. The van der Waals surface area contributed by atoms with Crippen LogP contribution in [-0.4, -0.2) is 41.4 Å². The van der Waals surface area contributed by atoms with E-state index in [-0.39, 0.29) is 17.4 Å². The zero-order chi connectivity index (χ0) is 15.6. The Morgan fingerprint density at radius 3 is 2.90 bits per heavy atom. The lowest BCUT2D eigenvalue weighted by atomic mass is 10.1. The van der Waals surface area contributed by atoms with Crippen molar-refractivity contribution in [3.05, 3.63) is 23.0 Å². The number of carbonyl (C=O) groups is 1. The number of aromatic nitrogens is 1. The van der Waals surface area contributed by atoms with Crippen LogP contribution < -0.4 is 4.72 Å². The molecule has 1 aliphatic heterocycles. The number of rotatable bonds is 4. The van der Waals surface area contributed by atoms with E-state index in [1.54, 1.807) is 13.0 Å². The Morgan fingerprint density at radius 2 is 2.24 bits per heavy atom. The van der Waals surface area contributed by atoms with Gasteiger partial charge in [0.05, 0.1) is 5.69 Å². The normalized spacial score (nSPS) is 20.2. The monoisotopic (exact) mass is 333 g/mol. The van der Waals surface area contributed by atoms with Gasteiger partial charge in [-0.25, -0.2) is 4.98 Å². The summed E-state index contributed by atoms with van der Waals surface area (Å²) in [6, 6.07) is 0.500. The van der Waals surface area contributed by atoms with E-state index in [0.29, 0.717) is 19.3 Å². The molecule has 0 amide bonds. The lowest BCUT2D eigenvalue weighted by Crippen LogP contribution is -2.50. The van der Waals surface area contributed by atoms with E-state index in [2.05, 4.69) is 9.71 Å². The molecule has 0 radical (unpaired) electrons. The molecule has 2 N–H and O–H groups in total. The van der Waals surface area contributed by atoms with Gasteiger partial charge < -0.3 is 5.11 Å². The summed E-state index contributed by atoms with van der Waals surface area (Å²) in [5, 5.41) is 9.19. The van der Waals surface area contributed by atoms with Crippen molar-refractivity contribution < 1.29 is 18.3 Å². The van der Waals surface area contributed by atoms with Gasteiger partial charge in [-0.15, -0.1) is 0 Å². The molecule has 2 rings (SSSR count). The van der Waals surface area contributed by atoms with Crippen molar-refractivity contribution >= 4 is 33.5 Å². The molecule has 116 valence electrons. The molecule has 0 spiro atoms. The van der Waals surface area contributed by atoms with Crippen LogP contribution in [-0.2, 0) is 15.0 Å². The summed E-state index contributed by atoms with van der Waals surface area (Å²) in [5.74, 6) is -1.14. The number of hydrogen-bond acceptors (Lipinski definition) is 4. The highest BCUT2D eigenvalue weighted by Gasteiger charge is 2.37. The van der Waals surface area contributed by atoms with Gasteiger partial charge in [0, 0.05) is 12.7 Å². The first-order valence-electron chi connectivity index (χ1n) is 6.46. The van der Waals surface area contributed by atoms with E-state index in [0.717, 1.165) is 9.87 Å². The first-order chi connectivity index (χ1) is 9.81. The minimum Gasteiger partial charge on any atom is -0.480 e. The molecule has 1 aliphatic rings. The fourth-order valence-electron chi connectivity index (χ4n) is 2.26. The van der Waals surface area contributed by atoms with Crippen molar-refractivity contribution in [2.24, 2.45) is 0 Å². The summed E-state index contributed by atoms with van der Waals surface area (Å²) in [7, 11) is -3.99. The van der Waals surface area contributed by atoms with Crippen LogP contribution >= 0.6 is 11.6 Å². The van der Waals surface area contributed by atoms with Gasteiger partial charge in [-0.05, 0) is 37.8 Å². The number of carboxylic acids is 1. The number of carboxylic acid groups (broad SMARTS) is 1. The Morgan fingerprint density at radius 1 is 1.52 bits per heavy atom. The molecule has 21 heavy (non-hydrogen) atoms. The first-order valence-corrected chi connectivity index (χ1v) is 8.27. The lowest BCUT2D eigenvalue weighted by molar-refractivity contribution is -0.142. The van der Waals surface area contributed by atoms with E-state index in [9.17, 15) is 13.2 Å². The lowest BCUT2D eigenvalue weighted by Gasteiger charge is -2.31. The molecule has 1 atom stereocenters. The van der Waals surface area contributed by atoms with E-state index in [1.807, 2.05) is 0 Å². The van der Waals surface area contributed by atoms with Crippen LogP contribution in [0.5, 0.6) is 0 Å². The van der Waals surface area contributed by atoms with Gasteiger partial charge in [-0.1, -0.05) is 11.6 Å². The molecule has 0 saturated carbocycles. The highest BCUT2D eigenvalue weighted by atomic mass is 35.5. The number of nitrogens with one attached hydrogen (secondary N) is 1. The predicted molar refractivity (Wildman–Crippen MR) is 78.5 cm³/mol. The number of piperidine rings is 1. The third-order valence-corrected chi connectivity index (χ3v) is 5.10. The van der Waals surface area contributed by atoms with E-state index in [4.69, 9.17) is 16.7 Å². The molecule has 1 fully saturated rings. The zero-order valence-corrected chi connectivity index (χ0v) is 13.0. The van der Waals surface area contributed by atoms with Gasteiger partial charge in [0.15, 0.2) is 5.15 Å². The van der Waals surface area contributed by atoms with Crippen LogP contribution in [0.15, 0.2) is 12.3 Å². The third-order valence-electron chi connectivity index (χ3n) is 3.26. The molecule has 1 unspecified atom stereocenters. The van der Waals surface area contributed by atoms with Gasteiger partial charge in [0.2, 0.25) is 0 Å². The fourth-order valence-corrected chi connectivity index (χ4v) is 3.92. The Labute approximate surface area is 128 Å². The maximum atomic E-state index is 12.4. The van der Waals surface area contributed by atoms with E-state index >= 15 is 0 Å². The predicted octanol–water partition coefficient (Wildman–Crippen LogP) is 1.64. The summed E-state index contributed by atoms with van der Waals surface area (Å²) in [6.07, 6.45) is 3.14. The van der Waals surface area contributed by atoms with Gasteiger partial charge in [-0.2, -0.15) is 12.7 Å². The number of pyridine rings is 1. The van der Waals surface area contributed by atoms with E-state index in [1.165, 1.54) is 6.20 Å². The standard InChI is InChI=1S/C12H16ClN3O4S/c1-8-6-9(11(13)14-7-8)15-21(19,20)16-5-3-2-4-10(16)12(17)18/h6-7,10,15H,2-5H2,1H3,(H,17,18). The van der Waals surface area contributed by atoms with Crippen molar-refractivity contribution in [3.8, 4) is 0 Å². The average molecular weight is 334 g/mol.